The Morgan fingerprint density at radius 3 is 2.28 bits per heavy atom. The van der Waals surface area contributed by atoms with Crippen molar-refractivity contribution in [2.45, 2.75) is 29.1 Å². The van der Waals surface area contributed by atoms with E-state index >= 15 is 0 Å². The Hall–Kier alpha value is -4.44. The molecule has 14 nitrogen and oxygen atoms in total. The average Bonchev–Trinajstić information content (AvgIpc) is 3.84. The maximum absolute atomic E-state index is 14.8. The number of nitrogens with zero attached hydrogens (tertiary/aromatic N) is 3. The predicted octanol–water partition coefficient (Wildman–Crippen LogP) is 6.94. The number of rotatable bonds is 15. The summed E-state index contributed by atoms with van der Waals surface area (Å²) in [5.41, 5.74) is 8.62. The van der Waals surface area contributed by atoms with E-state index in [0.29, 0.717) is 36.7 Å². The van der Waals surface area contributed by atoms with Gasteiger partial charge in [0.15, 0.2) is 11.6 Å². The lowest BCUT2D eigenvalue weighted by Gasteiger charge is -2.16. The van der Waals surface area contributed by atoms with Crippen molar-refractivity contribution in [3.8, 4) is 11.5 Å². The van der Waals surface area contributed by atoms with Crippen molar-refractivity contribution in [3.05, 3.63) is 104 Å². The summed E-state index contributed by atoms with van der Waals surface area (Å²) >= 11 is 14.6. The fraction of sp³-hybridized carbons (Fsp3) is 0.161. The first-order chi connectivity index (χ1) is 25.2. The maximum atomic E-state index is 14.8. The van der Waals surface area contributed by atoms with Crippen molar-refractivity contribution < 1.29 is 45.0 Å². The number of nitrogens with one attached hydrogen (secondary N) is 2. The Balaban J connectivity index is 0.000000278. The molecule has 2 heterocycles. The molecule has 0 atom stereocenters. The summed E-state index contributed by atoms with van der Waals surface area (Å²) in [5, 5.41) is 6.28. The van der Waals surface area contributed by atoms with Crippen LogP contribution in [0.4, 0.5) is 25.3 Å². The number of amides is 2. The number of carbonyl (C=O) groups is 2. The van der Waals surface area contributed by atoms with Crippen molar-refractivity contribution in [1.29, 1.82) is 0 Å². The number of primary amides is 1. The van der Waals surface area contributed by atoms with E-state index in [9.17, 15) is 35.3 Å². The minimum absolute atomic E-state index is 0.0464. The highest BCUT2D eigenvalue weighted by Gasteiger charge is 2.34. The third kappa shape index (κ3) is 11.5. The highest BCUT2D eigenvalue weighted by Crippen LogP contribution is 2.36. The first-order valence-electron chi connectivity index (χ1n) is 14.9. The molecule has 4 N–H and O–H groups in total. The summed E-state index contributed by atoms with van der Waals surface area (Å²) in [5.74, 6) is -1.20. The Morgan fingerprint density at radius 2 is 1.64 bits per heavy atom. The fourth-order valence-corrected chi connectivity index (χ4v) is 8.27. The van der Waals surface area contributed by atoms with Gasteiger partial charge in [0.05, 0.1) is 20.9 Å². The van der Waals surface area contributed by atoms with Crippen LogP contribution in [-0.4, -0.2) is 51.9 Å². The number of sulfonamides is 2. The van der Waals surface area contributed by atoms with Crippen molar-refractivity contribution in [3.63, 3.8) is 0 Å². The van der Waals surface area contributed by atoms with Gasteiger partial charge >= 0.3 is 6.09 Å². The van der Waals surface area contributed by atoms with Crippen LogP contribution in [0.2, 0.25) is 10.0 Å². The van der Waals surface area contributed by atoms with Crippen LogP contribution in [0.15, 0.2) is 92.2 Å². The standard InChI is InChI=1S/C21H21Cl2FN4O4S2.C10H7FN2O4S2/c22-14-3-4-17(13(8-14)2-1-6-26-7-5-20(25)29)32-18-10-16(24)19(9-15(18)23)34(30,31)28-21-11-33-12-27-21;11-17-10(14)13(9-6-18-7-12-9)19(15,16)8-4-2-1-3-5-8/h3-4,8-12,26,28H,1-2,5-7H2,(H2,25,29);1-7H. The molecule has 53 heavy (non-hydrogen) atoms. The molecular weight excluding hydrogens is 822 g/mol. The van der Waals surface area contributed by atoms with Crippen LogP contribution in [0.25, 0.3) is 0 Å². The Kier molecular flexibility index (Phi) is 14.9. The van der Waals surface area contributed by atoms with Crippen LogP contribution in [0.3, 0.4) is 0 Å². The van der Waals surface area contributed by atoms with Gasteiger partial charge < -0.3 is 15.8 Å². The maximum Gasteiger partial charge on any atom is 0.466 e. The minimum atomic E-state index is -4.27. The quantitative estimate of drug-likeness (QED) is 0.0922. The van der Waals surface area contributed by atoms with E-state index in [1.165, 1.54) is 57.4 Å². The molecule has 0 fully saturated rings. The number of hydrogen-bond donors (Lipinski definition) is 3. The number of aromatic nitrogens is 2. The number of aryl methyl sites for hydroxylation is 1. The van der Waals surface area contributed by atoms with Gasteiger partial charge in [-0.15, -0.1) is 27.0 Å². The lowest BCUT2D eigenvalue weighted by atomic mass is 10.1. The Labute approximate surface area is 320 Å². The molecule has 0 saturated heterocycles. The number of ether oxygens (including phenoxy) is 1. The van der Waals surface area contributed by atoms with Crippen molar-refractivity contribution in [2.75, 3.05) is 22.1 Å². The first kappa shape index (κ1) is 41.3. The SMILES string of the molecule is NC(=O)CCNCCCc1cc(Cl)ccc1Oc1cc(F)c(S(=O)(=O)Nc2cscn2)cc1Cl.O=C(OF)N(c1cscn1)S(=O)(=O)c1ccccc1. The van der Waals surface area contributed by atoms with Crippen molar-refractivity contribution in [2.24, 2.45) is 5.73 Å². The second-order valence-corrected chi connectivity index (χ2v) is 16.1. The Morgan fingerprint density at radius 1 is 0.925 bits per heavy atom. The molecule has 282 valence electrons. The molecule has 0 aliphatic heterocycles. The number of thiazole rings is 2. The number of anilines is 2. The van der Waals surface area contributed by atoms with Crippen LogP contribution in [0.5, 0.6) is 11.5 Å². The number of benzene rings is 3. The zero-order chi connectivity index (χ0) is 38.6. The third-order valence-electron chi connectivity index (χ3n) is 6.68. The summed E-state index contributed by atoms with van der Waals surface area (Å²) in [7, 11) is -8.51. The first-order valence-corrected chi connectivity index (χ1v) is 20.5. The lowest BCUT2D eigenvalue weighted by Crippen LogP contribution is -2.36. The highest BCUT2D eigenvalue weighted by atomic mass is 35.5. The van der Waals surface area contributed by atoms with Crippen LogP contribution in [0, 0.1) is 5.82 Å². The molecule has 0 unspecified atom stereocenters. The van der Waals surface area contributed by atoms with Gasteiger partial charge in [-0.2, -0.15) is 0 Å². The van der Waals surface area contributed by atoms with Gasteiger partial charge in [0.25, 0.3) is 20.0 Å². The molecule has 2 aromatic heterocycles. The summed E-state index contributed by atoms with van der Waals surface area (Å²) in [6, 6.07) is 14.0. The van der Waals surface area contributed by atoms with Crippen LogP contribution in [-0.2, 0) is 36.2 Å². The fourth-order valence-electron chi connectivity index (χ4n) is 4.30. The summed E-state index contributed by atoms with van der Waals surface area (Å²) < 4.78 is 84.6. The third-order valence-corrected chi connectivity index (χ3v) is 11.4. The van der Waals surface area contributed by atoms with E-state index in [1.807, 2.05) is 0 Å². The average molecular weight is 850 g/mol. The minimum Gasteiger partial charge on any atom is -0.455 e. The van der Waals surface area contributed by atoms with E-state index in [1.54, 1.807) is 24.3 Å². The molecule has 5 aromatic rings. The normalized spacial score (nSPS) is 11.2. The van der Waals surface area contributed by atoms with Gasteiger partial charge in [-0.05, 0) is 61.3 Å². The van der Waals surface area contributed by atoms with Gasteiger partial charge in [-0.3, -0.25) is 9.52 Å². The Bertz CT molecular complexity index is 2220. The molecule has 3 aromatic carbocycles. The monoisotopic (exact) mass is 848 g/mol. The number of nitrogens with two attached hydrogens (primary N) is 1. The van der Waals surface area contributed by atoms with Gasteiger partial charge in [-0.25, -0.2) is 40.9 Å². The molecule has 2 amide bonds. The summed E-state index contributed by atoms with van der Waals surface area (Å²) in [6.07, 6.45) is -0.143. The van der Waals surface area contributed by atoms with E-state index in [-0.39, 0.29) is 43.9 Å². The molecule has 0 aliphatic carbocycles. The van der Waals surface area contributed by atoms with E-state index in [2.05, 4.69) is 24.9 Å². The van der Waals surface area contributed by atoms with Gasteiger partial charge in [0, 0.05) is 39.3 Å². The number of halogens is 4. The molecular formula is C31H28Cl2F2N6O8S4. The molecule has 0 saturated carbocycles. The molecule has 0 radical (unpaired) electrons. The van der Waals surface area contributed by atoms with Crippen LogP contribution < -0.4 is 24.8 Å². The van der Waals surface area contributed by atoms with Crippen LogP contribution >= 0.6 is 45.9 Å². The highest BCUT2D eigenvalue weighted by molar-refractivity contribution is 7.93. The lowest BCUT2D eigenvalue weighted by molar-refractivity contribution is -0.117. The van der Waals surface area contributed by atoms with E-state index < -0.39 is 36.9 Å². The predicted molar refractivity (Wildman–Crippen MR) is 197 cm³/mol. The van der Waals surface area contributed by atoms with Crippen LogP contribution in [0.1, 0.15) is 18.4 Å². The van der Waals surface area contributed by atoms with Crippen molar-refractivity contribution >= 4 is 89.6 Å². The summed E-state index contributed by atoms with van der Waals surface area (Å²) in [4.78, 5) is 31.8. The van der Waals surface area contributed by atoms with Gasteiger partial charge in [0.1, 0.15) is 22.2 Å². The molecule has 5 rings (SSSR count). The molecule has 22 heteroatoms. The smallest absolute Gasteiger partial charge is 0.455 e. The second-order valence-electron chi connectivity index (χ2n) is 10.4. The zero-order valence-electron chi connectivity index (χ0n) is 26.9. The second kappa shape index (κ2) is 19.1. The molecule has 0 aliphatic rings. The van der Waals surface area contributed by atoms with E-state index in [4.69, 9.17) is 33.7 Å². The molecule has 0 bridgehead atoms. The van der Waals surface area contributed by atoms with Gasteiger partial charge in [-0.1, -0.05) is 41.4 Å². The zero-order valence-corrected chi connectivity index (χ0v) is 31.7. The summed E-state index contributed by atoms with van der Waals surface area (Å²) in [6.45, 7) is 1.11. The van der Waals surface area contributed by atoms with Crippen molar-refractivity contribution in [1.82, 2.24) is 15.3 Å². The topological polar surface area (TPSA) is 200 Å². The number of carbonyl (C=O) groups excluding carboxylic acids is 2. The number of hydrogen-bond acceptors (Lipinski definition) is 13. The van der Waals surface area contributed by atoms with Gasteiger partial charge in [0.2, 0.25) is 5.91 Å². The van der Waals surface area contributed by atoms with E-state index in [0.717, 1.165) is 29.0 Å². The molecule has 0 spiro atoms. The largest absolute Gasteiger partial charge is 0.466 e.